The van der Waals surface area contributed by atoms with Gasteiger partial charge < -0.3 is 11.1 Å². The molecule has 0 bridgehead atoms. The van der Waals surface area contributed by atoms with Crippen LogP contribution in [-0.2, 0) is 7.05 Å². The number of hydrogen-bond acceptors (Lipinski definition) is 4. The molecular weight excluding hydrogens is 257 g/mol. The minimum absolute atomic E-state index is 0.0424. The third-order valence-electron chi connectivity index (χ3n) is 3.04. The predicted molar refractivity (Wildman–Crippen MR) is 76.1 cm³/mol. The largest absolute Gasteiger partial charge is 0.394 e. The molecule has 6 heteroatoms. The Hall–Kier alpha value is -2.55. The molecule has 0 unspecified atom stereocenters. The summed E-state index contributed by atoms with van der Waals surface area (Å²) in [4.78, 5) is 0. The molecule has 0 radical (unpaired) electrons. The molecule has 104 valence electrons. The van der Waals surface area contributed by atoms with Gasteiger partial charge in [-0.05, 0) is 18.1 Å². The third kappa shape index (κ3) is 2.30. The van der Waals surface area contributed by atoms with Crippen molar-refractivity contribution in [2.45, 2.75) is 19.8 Å². The Morgan fingerprint density at radius 1 is 1.45 bits per heavy atom. The topological polar surface area (TPSA) is 79.7 Å². The number of halogens is 1. The van der Waals surface area contributed by atoms with Crippen molar-refractivity contribution in [2.75, 3.05) is 11.1 Å². The van der Waals surface area contributed by atoms with Crippen LogP contribution in [0.25, 0.3) is 0 Å². The van der Waals surface area contributed by atoms with Gasteiger partial charge in [0.05, 0.1) is 17.1 Å². The molecular formula is C14H16FN5. The Labute approximate surface area is 116 Å². The number of aromatic nitrogens is 2. The Morgan fingerprint density at radius 3 is 2.70 bits per heavy atom. The maximum absolute atomic E-state index is 13.6. The van der Waals surface area contributed by atoms with Gasteiger partial charge in [-0.2, -0.15) is 10.4 Å². The number of nitrogen functional groups attached to an aromatic ring is 1. The zero-order valence-corrected chi connectivity index (χ0v) is 11.6. The zero-order chi connectivity index (χ0) is 14.9. The van der Waals surface area contributed by atoms with Crippen LogP contribution in [0.1, 0.15) is 31.0 Å². The van der Waals surface area contributed by atoms with Gasteiger partial charge >= 0.3 is 0 Å². The maximum Gasteiger partial charge on any atom is 0.152 e. The predicted octanol–water partition coefficient (Wildman–Crippen LogP) is 2.88. The molecule has 0 amide bonds. The van der Waals surface area contributed by atoms with E-state index < -0.39 is 5.82 Å². The molecule has 2 rings (SSSR count). The molecule has 0 saturated heterocycles. The molecule has 20 heavy (non-hydrogen) atoms. The molecule has 0 atom stereocenters. The number of nitrogens with two attached hydrogens (primary N) is 1. The number of aryl methyl sites for hydroxylation is 1. The van der Waals surface area contributed by atoms with Crippen molar-refractivity contribution in [2.24, 2.45) is 7.05 Å². The molecule has 0 fully saturated rings. The SMILES string of the molecule is CC(C)c1nn(C)c(Nc2cccc(F)c2C#N)c1N. The second kappa shape index (κ2) is 5.21. The van der Waals surface area contributed by atoms with Crippen molar-refractivity contribution in [3.63, 3.8) is 0 Å². The molecule has 5 nitrogen and oxygen atoms in total. The van der Waals surface area contributed by atoms with Crippen molar-refractivity contribution < 1.29 is 4.39 Å². The van der Waals surface area contributed by atoms with Crippen molar-refractivity contribution in [3.8, 4) is 6.07 Å². The quantitative estimate of drug-likeness (QED) is 0.901. The third-order valence-corrected chi connectivity index (χ3v) is 3.04. The molecule has 0 aliphatic heterocycles. The van der Waals surface area contributed by atoms with Crippen molar-refractivity contribution in [1.29, 1.82) is 5.26 Å². The van der Waals surface area contributed by atoms with E-state index in [1.54, 1.807) is 17.8 Å². The number of hydrogen-bond donors (Lipinski definition) is 2. The van der Waals surface area contributed by atoms with Crippen LogP contribution in [0.3, 0.4) is 0 Å². The van der Waals surface area contributed by atoms with Gasteiger partial charge in [-0.25, -0.2) is 4.39 Å². The molecule has 0 aliphatic carbocycles. The smallest absolute Gasteiger partial charge is 0.152 e. The van der Waals surface area contributed by atoms with Gasteiger partial charge in [0.1, 0.15) is 17.4 Å². The lowest BCUT2D eigenvalue weighted by molar-refractivity contribution is 0.624. The molecule has 0 saturated carbocycles. The fourth-order valence-electron chi connectivity index (χ4n) is 2.01. The minimum atomic E-state index is -0.567. The zero-order valence-electron chi connectivity index (χ0n) is 11.6. The lowest BCUT2D eigenvalue weighted by Gasteiger charge is -2.09. The summed E-state index contributed by atoms with van der Waals surface area (Å²) < 4.78 is 15.2. The van der Waals surface area contributed by atoms with Crippen LogP contribution < -0.4 is 11.1 Å². The molecule has 1 heterocycles. The van der Waals surface area contributed by atoms with Gasteiger partial charge in [-0.3, -0.25) is 4.68 Å². The highest BCUT2D eigenvalue weighted by Gasteiger charge is 2.17. The summed E-state index contributed by atoms with van der Waals surface area (Å²) in [5.74, 6) is 0.165. The highest BCUT2D eigenvalue weighted by atomic mass is 19.1. The van der Waals surface area contributed by atoms with Crippen LogP contribution in [0.15, 0.2) is 18.2 Å². The first-order chi connectivity index (χ1) is 9.45. The van der Waals surface area contributed by atoms with Crippen molar-refractivity contribution in [1.82, 2.24) is 9.78 Å². The Kier molecular flexibility index (Phi) is 3.61. The number of nitrogens with zero attached hydrogens (tertiary/aromatic N) is 3. The average molecular weight is 273 g/mol. The molecule has 2 aromatic rings. The van der Waals surface area contributed by atoms with E-state index in [-0.39, 0.29) is 11.5 Å². The van der Waals surface area contributed by atoms with Crippen LogP contribution in [0.2, 0.25) is 0 Å². The van der Waals surface area contributed by atoms with E-state index >= 15 is 0 Å². The molecule has 0 spiro atoms. The van der Waals surface area contributed by atoms with Crippen LogP contribution in [0.4, 0.5) is 21.6 Å². The fourth-order valence-corrected chi connectivity index (χ4v) is 2.01. The molecule has 0 aliphatic rings. The van der Waals surface area contributed by atoms with Crippen molar-refractivity contribution in [3.05, 3.63) is 35.3 Å². The van der Waals surface area contributed by atoms with Crippen LogP contribution in [0.5, 0.6) is 0 Å². The number of nitrogens with one attached hydrogen (secondary N) is 1. The lowest BCUT2D eigenvalue weighted by Crippen LogP contribution is -2.03. The Bertz CT molecular complexity index is 682. The standard InChI is InChI=1S/C14H16FN5/c1-8(2)13-12(17)14(20(3)19-13)18-11-6-4-5-10(15)9(11)7-16/h4-6,8,18H,17H2,1-3H3. The summed E-state index contributed by atoms with van der Waals surface area (Å²) in [7, 11) is 1.75. The summed E-state index contributed by atoms with van der Waals surface area (Å²) in [5, 5.41) is 16.4. The van der Waals surface area contributed by atoms with Crippen molar-refractivity contribution >= 4 is 17.2 Å². The highest BCUT2D eigenvalue weighted by Crippen LogP contribution is 2.31. The second-order valence-corrected chi connectivity index (χ2v) is 4.83. The van der Waals surface area contributed by atoms with E-state index in [0.717, 1.165) is 5.69 Å². The number of anilines is 3. The summed E-state index contributed by atoms with van der Waals surface area (Å²) in [6.45, 7) is 3.98. The first-order valence-electron chi connectivity index (χ1n) is 6.23. The second-order valence-electron chi connectivity index (χ2n) is 4.83. The number of rotatable bonds is 3. The summed E-state index contributed by atoms with van der Waals surface area (Å²) in [6, 6.07) is 6.25. The summed E-state index contributed by atoms with van der Waals surface area (Å²) in [5.41, 5.74) is 7.67. The van der Waals surface area contributed by atoms with E-state index in [2.05, 4.69) is 10.4 Å². The lowest BCUT2D eigenvalue weighted by atomic mass is 10.1. The Balaban J connectivity index is 2.47. The van der Waals surface area contributed by atoms with Crippen LogP contribution >= 0.6 is 0 Å². The normalized spacial score (nSPS) is 10.6. The number of nitriles is 1. The molecule has 1 aromatic heterocycles. The average Bonchev–Trinajstić information content (AvgIpc) is 2.67. The van der Waals surface area contributed by atoms with E-state index in [1.807, 2.05) is 19.9 Å². The monoisotopic (exact) mass is 273 g/mol. The first-order valence-corrected chi connectivity index (χ1v) is 6.23. The highest BCUT2D eigenvalue weighted by molar-refractivity contribution is 5.74. The van der Waals surface area contributed by atoms with Crippen LogP contribution in [0, 0.1) is 17.1 Å². The molecule has 3 N–H and O–H groups in total. The van der Waals surface area contributed by atoms with E-state index in [9.17, 15) is 4.39 Å². The molecule has 1 aromatic carbocycles. The van der Waals surface area contributed by atoms with Gasteiger partial charge in [0, 0.05) is 7.05 Å². The minimum Gasteiger partial charge on any atom is -0.394 e. The van der Waals surface area contributed by atoms with Gasteiger partial charge in [0.15, 0.2) is 5.82 Å². The fraction of sp³-hybridized carbons (Fsp3) is 0.286. The van der Waals surface area contributed by atoms with E-state index in [0.29, 0.717) is 17.2 Å². The summed E-state index contributed by atoms with van der Waals surface area (Å²) >= 11 is 0. The Morgan fingerprint density at radius 2 is 2.15 bits per heavy atom. The van der Waals surface area contributed by atoms with Crippen LogP contribution in [-0.4, -0.2) is 9.78 Å². The van der Waals surface area contributed by atoms with Gasteiger partial charge in [-0.1, -0.05) is 19.9 Å². The van der Waals surface area contributed by atoms with Gasteiger partial charge in [0.2, 0.25) is 0 Å². The van der Waals surface area contributed by atoms with E-state index in [1.165, 1.54) is 12.1 Å². The first kappa shape index (κ1) is 13.9. The number of benzene rings is 1. The maximum atomic E-state index is 13.6. The summed E-state index contributed by atoms with van der Waals surface area (Å²) in [6.07, 6.45) is 0. The van der Waals surface area contributed by atoms with E-state index in [4.69, 9.17) is 11.0 Å². The van der Waals surface area contributed by atoms with Gasteiger partial charge in [-0.15, -0.1) is 0 Å². The van der Waals surface area contributed by atoms with Gasteiger partial charge in [0.25, 0.3) is 0 Å².